The maximum Gasteiger partial charge on any atom is 0.319 e. The molecule has 1 aromatic heterocycles. The highest BCUT2D eigenvalue weighted by Gasteiger charge is 2.53. The zero-order chi connectivity index (χ0) is 17.7. The minimum Gasteiger partial charge on any atom is -0.468 e. The quantitative estimate of drug-likeness (QED) is 0.777. The zero-order valence-electron chi connectivity index (χ0n) is 14.0. The van der Waals surface area contributed by atoms with Gasteiger partial charge in [0.25, 0.3) is 0 Å². The van der Waals surface area contributed by atoms with Gasteiger partial charge in [0.15, 0.2) is 0 Å². The zero-order valence-corrected chi connectivity index (χ0v) is 14.8. The van der Waals surface area contributed by atoms with Gasteiger partial charge >= 0.3 is 5.97 Å². The number of hydrogen-bond acceptors (Lipinski definition) is 7. The minimum absolute atomic E-state index is 0.0201. The normalized spacial score (nSPS) is 31.6. The van der Waals surface area contributed by atoms with Gasteiger partial charge in [-0.15, -0.1) is 0 Å². The Kier molecular flexibility index (Phi) is 3.95. The van der Waals surface area contributed by atoms with Crippen LogP contribution in [0.15, 0.2) is 12.3 Å². The van der Waals surface area contributed by atoms with Crippen LogP contribution in [0.4, 0.5) is 5.82 Å². The van der Waals surface area contributed by atoms with E-state index in [2.05, 4.69) is 14.7 Å². The molecule has 136 valence electrons. The maximum atomic E-state index is 12.6. The number of sulfonamides is 1. The number of aromatic nitrogens is 2. The third-order valence-corrected chi connectivity index (χ3v) is 7.06. The van der Waals surface area contributed by atoms with Gasteiger partial charge in [-0.05, 0) is 44.6 Å². The molecule has 2 unspecified atom stereocenters. The SMILES string of the molecule is COC(=O)C1(c2nccc(NS(=O)(=O)C3CC3)n2)CC2CCC(C1)O2. The second-order valence-electron chi connectivity index (χ2n) is 7.05. The van der Waals surface area contributed by atoms with E-state index in [-0.39, 0.29) is 23.3 Å². The summed E-state index contributed by atoms with van der Waals surface area (Å²) >= 11 is 0. The highest BCUT2D eigenvalue weighted by atomic mass is 32.2. The van der Waals surface area contributed by atoms with Crippen LogP contribution < -0.4 is 4.72 Å². The highest BCUT2D eigenvalue weighted by Crippen LogP contribution is 2.45. The molecule has 1 saturated carbocycles. The summed E-state index contributed by atoms with van der Waals surface area (Å²) in [5, 5.41) is -0.348. The molecule has 1 N–H and O–H groups in total. The Morgan fingerprint density at radius 1 is 1.28 bits per heavy atom. The number of ether oxygens (including phenoxy) is 2. The van der Waals surface area contributed by atoms with E-state index in [0.29, 0.717) is 31.5 Å². The van der Waals surface area contributed by atoms with Crippen molar-refractivity contribution in [2.45, 2.75) is 61.4 Å². The van der Waals surface area contributed by atoms with Crippen molar-refractivity contribution in [2.24, 2.45) is 0 Å². The van der Waals surface area contributed by atoms with Crippen LogP contribution in [-0.2, 0) is 29.7 Å². The van der Waals surface area contributed by atoms with Crippen molar-refractivity contribution in [1.82, 2.24) is 9.97 Å². The van der Waals surface area contributed by atoms with Crippen molar-refractivity contribution in [2.75, 3.05) is 11.8 Å². The molecule has 0 spiro atoms. The summed E-state index contributed by atoms with van der Waals surface area (Å²) in [6.07, 6.45) is 5.48. The first kappa shape index (κ1) is 16.7. The number of fused-ring (bicyclic) bond motifs is 2. The molecule has 2 bridgehead atoms. The molecule has 8 nitrogen and oxygen atoms in total. The Bertz CT molecular complexity index is 781. The number of anilines is 1. The van der Waals surface area contributed by atoms with Gasteiger partial charge in [0, 0.05) is 6.20 Å². The summed E-state index contributed by atoms with van der Waals surface area (Å²) in [7, 11) is -2.08. The predicted octanol–water partition coefficient (Wildman–Crippen LogP) is 1.13. The molecular formula is C16H21N3O5S. The first-order valence-corrected chi connectivity index (χ1v) is 10.1. The summed E-state index contributed by atoms with van der Waals surface area (Å²) in [4.78, 5) is 21.3. The molecular weight excluding hydrogens is 346 g/mol. The Morgan fingerprint density at radius 3 is 2.56 bits per heavy atom. The Labute approximate surface area is 146 Å². The molecule has 4 rings (SSSR count). The van der Waals surface area contributed by atoms with E-state index in [1.54, 1.807) is 0 Å². The number of hydrogen-bond donors (Lipinski definition) is 1. The molecule has 1 aliphatic carbocycles. The Hall–Kier alpha value is -1.74. The van der Waals surface area contributed by atoms with Gasteiger partial charge in [0.2, 0.25) is 10.0 Å². The fourth-order valence-electron chi connectivity index (χ4n) is 3.83. The minimum atomic E-state index is -3.42. The van der Waals surface area contributed by atoms with Crippen molar-refractivity contribution in [3.63, 3.8) is 0 Å². The first-order chi connectivity index (χ1) is 11.9. The summed E-state index contributed by atoms with van der Waals surface area (Å²) < 4.78 is 37.7. The van der Waals surface area contributed by atoms with Crippen molar-refractivity contribution >= 4 is 21.8 Å². The van der Waals surface area contributed by atoms with Crippen molar-refractivity contribution < 1.29 is 22.7 Å². The maximum absolute atomic E-state index is 12.6. The number of nitrogens with one attached hydrogen (secondary N) is 1. The molecule has 3 aliphatic rings. The lowest BCUT2D eigenvalue weighted by molar-refractivity contribution is -0.155. The highest BCUT2D eigenvalue weighted by molar-refractivity contribution is 7.93. The van der Waals surface area contributed by atoms with E-state index in [1.165, 1.54) is 19.4 Å². The number of carbonyl (C=O) groups excluding carboxylic acids is 1. The average molecular weight is 367 g/mol. The number of nitrogens with zero attached hydrogens (tertiary/aromatic N) is 2. The van der Waals surface area contributed by atoms with E-state index in [1.807, 2.05) is 0 Å². The van der Waals surface area contributed by atoms with Crippen LogP contribution in [-0.4, -0.2) is 48.9 Å². The van der Waals surface area contributed by atoms with E-state index in [9.17, 15) is 13.2 Å². The molecule has 0 radical (unpaired) electrons. The van der Waals surface area contributed by atoms with E-state index in [4.69, 9.17) is 9.47 Å². The van der Waals surface area contributed by atoms with Gasteiger partial charge in [-0.2, -0.15) is 0 Å². The topological polar surface area (TPSA) is 107 Å². The van der Waals surface area contributed by atoms with Crippen LogP contribution in [0.3, 0.4) is 0 Å². The Morgan fingerprint density at radius 2 is 1.96 bits per heavy atom. The standard InChI is InChI=1S/C16H21N3O5S/c1-23-15(20)16(8-10-2-3-11(9-16)24-10)14-17-7-6-13(18-14)19-25(21,22)12-4-5-12/h6-7,10-12H,2-5,8-9H2,1H3,(H,17,18,19). The summed E-state index contributed by atoms with van der Waals surface area (Å²) in [6.45, 7) is 0. The Balaban J connectivity index is 1.68. The number of esters is 1. The third kappa shape index (κ3) is 2.99. The summed E-state index contributed by atoms with van der Waals surface area (Å²) in [5.74, 6) is 0.101. The molecule has 0 amide bonds. The molecule has 2 saturated heterocycles. The fraction of sp³-hybridized carbons (Fsp3) is 0.688. The van der Waals surface area contributed by atoms with Gasteiger partial charge in [-0.1, -0.05) is 0 Å². The monoisotopic (exact) mass is 367 g/mol. The van der Waals surface area contributed by atoms with E-state index >= 15 is 0 Å². The molecule has 9 heteroatoms. The number of methoxy groups -OCH3 is 1. The largest absolute Gasteiger partial charge is 0.468 e. The molecule has 3 heterocycles. The van der Waals surface area contributed by atoms with Crippen molar-refractivity contribution in [3.05, 3.63) is 18.1 Å². The second kappa shape index (κ2) is 5.91. The molecule has 2 aliphatic heterocycles. The number of carbonyl (C=O) groups is 1. The van der Waals surface area contributed by atoms with Crippen LogP contribution in [0.2, 0.25) is 0 Å². The second-order valence-corrected chi connectivity index (χ2v) is 9.01. The van der Waals surface area contributed by atoms with Crippen LogP contribution in [0, 0.1) is 0 Å². The fourth-order valence-corrected chi connectivity index (χ4v) is 5.16. The van der Waals surface area contributed by atoms with Crippen LogP contribution in [0.1, 0.15) is 44.3 Å². The average Bonchev–Trinajstić information content (AvgIpc) is 3.40. The van der Waals surface area contributed by atoms with Crippen LogP contribution >= 0.6 is 0 Å². The number of rotatable bonds is 5. The third-order valence-electron chi connectivity index (χ3n) is 5.22. The lowest BCUT2D eigenvalue weighted by Gasteiger charge is -2.37. The van der Waals surface area contributed by atoms with Gasteiger partial charge in [-0.3, -0.25) is 9.52 Å². The van der Waals surface area contributed by atoms with Gasteiger partial charge < -0.3 is 9.47 Å². The molecule has 1 aromatic rings. The van der Waals surface area contributed by atoms with Crippen molar-refractivity contribution in [1.29, 1.82) is 0 Å². The first-order valence-electron chi connectivity index (χ1n) is 8.52. The van der Waals surface area contributed by atoms with Crippen LogP contribution in [0.5, 0.6) is 0 Å². The lowest BCUT2D eigenvalue weighted by atomic mass is 9.76. The van der Waals surface area contributed by atoms with E-state index in [0.717, 1.165) is 12.8 Å². The van der Waals surface area contributed by atoms with Crippen LogP contribution in [0.25, 0.3) is 0 Å². The van der Waals surface area contributed by atoms with Crippen molar-refractivity contribution in [3.8, 4) is 0 Å². The molecule has 3 fully saturated rings. The molecule has 2 atom stereocenters. The summed E-state index contributed by atoms with van der Waals surface area (Å²) in [5.41, 5.74) is -0.986. The van der Waals surface area contributed by atoms with Gasteiger partial charge in [-0.25, -0.2) is 18.4 Å². The predicted molar refractivity (Wildman–Crippen MR) is 88.4 cm³/mol. The van der Waals surface area contributed by atoms with Gasteiger partial charge in [0.05, 0.1) is 24.6 Å². The summed E-state index contributed by atoms with van der Waals surface area (Å²) in [6, 6.07) is 1.50. The molecule has 0 aromatic carbocycles. The van der Waals surface area contributed by atoms with Gasteiger partial charge in [0.1, 0.15) is 17.1 Å². The van der Waals surface area contributed by atoms with E-state index < -0.39 is 21.4 Å². The molecule has 25 heavy (non-hydrogen) atoms. The lowest BCUT2D eigenvalue weighted by Crippen LogP contribution is -2.47. The smallest absolute Gasteiger partial charge is 0.319 e.